The van der Waals surface area contributed by atoms with E-state index < -0.39 is 0 Å². The molecule has 0 spiro atoms. The summed E-state index contributed by atoms with van der Waals surface area (Å²) in [5.74, 6) is 0.865. The third kappa shape index (κ3) is 3.26. The molecule has 0 aliphatic heterocycles. The molecule has 1 amide bonds. The normalized spacial score (nSPS) is 10.9. The van der Waals surface area contributed by atoms with Gasteiger partial charge in [-0.1, -0.05) is 25.1 Å². The number of hydrogen-bond donors (Lipinski definition) is 2. The van der Waals surface area contributed by atoms with Gasteiger partial charge >= 0.3 is 0 Å². The predicted octanol–water partition coefficient (Wildman–Crippen LogP) is 4.59. The fourth-order valence-corrected chi connectivity index (χ4v) is 2.60. The zero-order chi connectivity index (χ0) is 16.4. The molecule has 4 heteroatoms. The van der Waals surface area contributed by atoms with Crippen molar-refractivity contribution >= 4 is 22.6 Å². The molecule has 4 nitrogen and oxygen atoms in total. The average molecular weight is 307 g/mol. The monoisotopic (exact) mass is 307 g/mol. The van der Waals surface area contributed by atoms with Crippen LogP contribution in [0.25, 0.3) is 22.4 Å². The maximum atomic E-state index is 11.9. The minimum Gasteiger partial charge on any atom is -0.338 e. The highest BCUT2D eigenvalue weighted by Crippen LogP contribution is 2.26. The van der Waals surface area contributed by atoms with Crippen molar-refractivity contribution in [3.8, 4) is 11.4 Å². The second-order valence-corrected chi connectivity index (χ2v) is 5.93. The average Bonchev–Trinajstić information content (AvgIpc) is 2.92. The van der Waals surface area contributed by atoms with Crippen LogP contribution in [0.3, 0.4) is 0 Å². The molecule has 0 fully saturated rings. The van der Waals surface area contributed by atoms with Crippen LogP contribution in [0.1, 0.15) is 30.9 Å². The number of fused-ring (bicyclic) bond motifs is 1. The summed E-state index contributed by atoms with van der Waals surface area (Å²) in [7, 11) is 0. The van der Waals surface area contributed by atoms with Crippen molar-refractivity contribution in [3.63, 3.8) is 0 Å². The molecule has 0 unspecified atom stereocenters. The number of rotatable bonds is 4. The first-order chi connectivity index (χ1) is 11.1. The van der Waals surface area contributed by atoms with Crippen molar-refractivity contribution in [3.05, 3.63) is 47.5 Å². The first kappa shape index (κ1) is 15.3. The van der Waals surface area contributed by atoms with E-state index in [2.05, 4.69) is 34.3 Å². The Kier molecular flexibility index (Phi) is 4.15. The van der Waals surface area contributed by atoms with Crippen molar-refractivity contribution in [1.82, 2.24) is 9.97 Å². The fourth-order valence-electron chi connectivity index (χ4n) is 2.60. The number of anilines is 1. The lowest BCUT2D eigenvalue weighted by Gasteiger charge is -2.09. The van der Waals surface area contributed by atoms with E-state index in [1.54, 1.807) is 0 Å². The molecule has 3 rings (SSSR count). The van der Waals surface area contributed by atoms with Gasteiger partial charge in [0.2, 0.25) is 5.91 Å². The first-order valence-electron chi connectivity index (χ1n) is 7.94. The molecule has 0 bridgehead atoms. The van der Waals surface area contributed by atoms with E-state index in [-0.39, 0.29) is 5.91 Å². The minimum atomic E-state index is 0.0491. The van der Waals surface area contributed by atoms with Crippen LogP contribution in [0.2, 0.25) is 0 Å². The number of nitrogens with zero attached hydrogens (tertiary/aromatic N) is 1. The van der Waals surface area contributed by atoms with Crippen molar-refractivity contribution < 1.29 is 4.79 Å². The third-order valence-corrected chi connectivity index (χ3v) is 3.90. The number of amides is 1. The van der Waals surface area contributed by atoms with Crippen LogP contribution in [-0.4, -0.2) is 15.9 Å². The van der Waals surface area contributed by atoms with Crippen LogP contribution in [0, 0.1) is 13.8 Å². The summed E-state index contributed by atoms with van der Waals surface area (Å²) in [6.07, 6.45) is 1.38. The van der Waals surface area contributed by atoms with E-state index in [1.807, 2.05) is 38.1 Å². The highest BCUT2D eigenvalue weighted by molar-refractivity contribution is 5.92. The number of benzene rings is 2. The van der Waals surface area contributed by atoms with Crippen molar-refractivity contribution in [1.29, 1.82) is 0 Å². The molecule has 1 heterocycles. The summed E-state index contributed by atoms with van der Waals surface area (Å²) in [6, 6.07) is 12.2. The maximum absolute atomic E-state index is 11.9. The van der Waals surface area contributed by atoms with Gasteiger partial charge in [-0.2, -0.15) is 0 Å². The van der Waals surface area contributed by atoms with E-state index in [0.29, 0.717) is 6.42 Å². The Balaban J connectivity index is 1.96. The van der Waals surface area contributed by atoms with Crippen LogP contribution in [-0.2, 0) is 4.79 Å². The largest absolute Gasteiger partial charge is 0.338 e. The van der Waals surface area contributed by atoms with Crippen molar-refractivity contribution in [2.75, 3.05) is 5.32 Å². The molecule has 0 atom stereocenters. The highest BCUT2D eigenvalue weighted by atomic mass is 16.1. The number of imidazole rings is 1. The summed E-state index contributed by atoms with van der Waals surface area (Å²) in [4.78, 5) is 19.9. The van der Waals surface area contributed by atoms with Crippen molar-refractivity contribution in [2.24, 2.45) is 0 Å². The summed E-state index contributed by atoms with van der Waals surface area (Å²) < 4.78 is 0. The zero-order valence-electron chi connectivity index (χ0n) is 13.7. The maximum Gasteiger partial charge on any atom is 0.224 e. The molecule has 0 aliphatic carbocycles. The molecule has 23 heavy (non-hydrogen) atoms. The fraction of sp³-hybridized carbons (Fsp3) is 0.263. The van der Waals surface area contributed by atoms with Crippen molar-refractivity contribution in [2.45, 2.75) is 33.6 Å². The van der Waals surface area contributed by atoms with Crippen LogP contribution < -0.4 is 5.32 Å². The number of hydrogen-bond acceptors (Lipinski definition) is 2. The Morgan fingerprint density at radius 3 is 2.78 bits per heavy atom. The van der Waals surface area contributed by atoms with E-state index in [9.17, 15) is 4.79 Å². The summed E-state index contributed by atoms with van der Waals surface area (Å²) in [6.45, 7) is 6.06. The quantitative estimate of drug-likeness (QED) is 0.741. The van der Waals surface area contributed by atoms with Gasteiger partial charge in [-0.3, -0.25) is 4.79 Å². The Morgan fingerprint density at radius 1 is 1.17 bits per heavy atom. The SMILES string of the molecule is CCCC(=O)Nc1cc(-c2nc3ccc(C)cc3[nH]2)ccc1C. The van der Waals surface area contributed by atoms with Gasteiger partial charge in [0.1, 0.15) is 5.82 Å². The molecule has 1 aromatic heterocycles. The number of aromatic nitrogens is 2. The van der Waals surface area contributed by atoms with Crippen LogP contribution >= 0.6 is 0 Å². The lowest BCUT2D eigenvalue weighted by molar-refractivity contribution is -0.116. The molecule has 0 radical (unpaired) electrons. The summed E-state index contributed by atoms with van der Waals surface area (Å²) in [5.41, 5.74) is 6.03. The molecule has 0 aliphatic rings. The second-order valence-electron chi connectivity index (χ2n) is 5.93. The zero-order valence-corrected chi connectivity index (χ0v) is 13.7. The molecule has 2 N–H and O–H groups in total. The Morgan fingerprint density at radius 2 is 2.00 bits per heavy atom. The third-order valence-electron chi connectivity index (χ3n) is 3.90. The van der Waals surface area contributed by atoms with Crippen LogP contribution in [0.15, 0.2) is 36.4 Å². The number of aryl methyl sites for hydroxylation is 2. The Bertz CT molecular complexity index is 864. The molecule has 118 valence electrons. The molecular weight excluding hydrogens is 286 g/mol. The van der Waals surface area contributed by atoms with Gasteiger partial charge in [-0.15, -0.1) is 0 Å². The number of carbonyl (C=O) groups excluding carboxylic acids is 1. The van der Waals surface area contributed by atoms with Crippen LogP contribution in [0.5, 0.6) is 0 Å². The van der Waals surface area contributed by atoms with Gasteiger partial charge in [0, 0.05) is 17.7 Å². The van der Waals surface area contributed by atoms with Gasteiger partial charge in [0.05, 0.1) is 11.0 Å². The van der Waals surface area contributed by atoms with E-state index in [4.69, 9.17) is 0 Å². The molecule has 0 saturated heterocycles. The van der Waals surface area contributed by atoms with Gasteiger partial charge < -0.3 is 10.3 Å². The summed E-state index contributed by atoms with van der Waals surface area (Å²) in [5, 5.41) is 2.98. The number of carbonyl (C=O) groups is 1. The van der Waals surface area contributed by atoms with Crippen LogP contribution in [0.4, 0.5) is 5.69 Å². The standard InChI is InChI=1S/C19H21N3O/c1-4-5-18(23)20-16-11-14(8-7-13(16)3)19-21-15-9-6-12(2)10-17(15)22-19/h6-11H,4-5H2,1-3H3,(H,20,23)(H,21,22). The van der Waals surface area contributed by atoms with Gasteiger partial charge in [-0.25, -0.2) is 4.98 Å². The number of aromatic amines is 1. The molecule has 2 aromatic carbocycles. The van der Waals surface area contributed by atoms with E-state index in [1.165, 1.54) is 5.56 Å². The van der Waals surface area contributed by atoms with E-state index in [0.717, 1.165) is 40.1 Å². The second kappa shape index (κ2) is 6.24. The lowest BCUT2D eigenvalue weighted by atomic mass is 10.1. The smallest absolute Gasteiger partial charge is 0.224 e. The highest BCUT2D eigenvalue weighted by Gasteiger charge is 2.09. The predicted molar refractivity (Wildman–Crippen MR) is 94.5 cm³/mol. The molecule has 3 aromatic rings. The minimum absolute atomic E-state index is 0.0491. The number of nitrogens with one attached hydrogen (secondary N) is 2. The van der Waals surface area contributed by atoms with E-state index >= 15 is 0 Å². The van der Waals surface area contributed by atoms with Gasteiger partial charge in [0.25, 0.3) is 0 Å². The molecule has 0 saturated carbocycles. The number of H-pyrrole nitrogens is 1. The molecular formula is C19H21N3O. The lowest BCUT2D eigenvalue weighted by Crippen LogP contribution is -2.11. The van der Waals surface area contributed by atoms with Gasteiger partial charge in [-0.05, 0) is 49.6 Å². The summed E-state index contributed by atoms with van der Waals surface area (Å²) >= 11 is 0. The topological polar surface area (TPSA) is 57.8 Å². The Hall–Kier alpha value is -2.62. The Labute approximate surface area is 136 Å². The first-order valence-corrected chi connectivity index (χ1v) is 7.94. The van der Waals surface area contributed by atoms with Gasteiger partial charge in [0.15, 0.2) is 0 Å².